The summed E-state index contributed by atoms with van der Waals surface area (Å²) in [5, 5.41) is 3.60. The fraction of sp³-hybridized carbons (Fsp3) is 0.360. The summed E-state index contributed by atoms with van der Waals surface area (Å²) < 4.78 is 0. The maximum absolute atomic E-state index is 13.4. The Morgan fingerprint density at radius 1 is 1.21 bits per heavy atom. The Morgan fingerprint density at radius 2 is 1.97 bits per heavy atom. The van der Waals surface area contributed by atoms with Crippen LogP contribution in [0.3, 0.4) is 0 Å². The highest BCUT2D eigenvalue weighted by Crippen LogP contribution is 2.37. The SMILES string of the molecule is CC[C@H](SC1=Nc2ccccc2C2=N[C@@H]([C@@H](C)CC)C(=O)N12)C(=O)Nc1ccc(C)c(Cl)c1. The highest BCUT2D eigenvalue weighted by Gasteiger charge is 2.43. The number of nitrogens with one attached hydrogen (secondary N) is 1. The van der Waals surface area contributed by atoms with Gasteiger partial charge in [0.2, 0.25) is 5.91 Å². The van der Waals surface area contributed by atoms with Gasteiger partial charge in [-0.15, -0.1) is 0 Å². The number of anilines is 1. The first kappa shape index (κ1) is 23.5. The molecule has 0 fully saturated rings. The summed E-state index contributed by atoms with van der Waals surface area (Å²) in [7, 11) is 0. The van der Waals surface area contributed by atoms with Crippen molar-refractivity contribution < 1.29 is 9.59 Å². The lowest BCUT2D eigenvalue weighted by Gasteiger charge is -2.27. The van der Waals surface area contributed by atoms with Crippen molar-refractivity contribution in [3.8, 4) is 0 Å². The van der Waals surface area contributed by atoms with Crippen molar-refractivity contribution >= 4 is 57.6 Å². The third kappa shape index (κ3) is 4.57. The van der Waals surface area contributed by atoms with Gasteiger partial charge < -0.3 is 5.32 Å². The van der Waals surface area contributed by atoms with E-state index < -0.39 is 11.3 Å². The van der Waals surface area contributed by atoms with Crippen LogP contribution in [0, 0.1) is 12.8 Å². The summed E-state index contributed by atoms with van der Waals surface area (Å²) in [6.45, 7) is 7.95. The lowest BCUT2D eigenvalue weighted by atomic mass is 10.00. The van der Waals surface area contributed by atoms with E-state index in [1.54, 1.807) is 11.0 Å². The monoisotopic (exact) mass is 482 g/mol. The van der Waals surface area contributed by atoms with Crippen LogP contribution in [-0.2, 0) is 9.59 Å². The molecule has 0 aromatic heterocycles. The van der Waals surface area contributed by atoms with Crippen LogP contribution in [0.15, 0.2) is 52.4 Å². The molecular weight excluding hydrogens is 456 g/mol. The Labute approximate surface area is 203 Å². The van der Waals surface area contributed by atoms with Gasteiger partial charge in [-0.05, 0) is 49.1 Å². The molecule has 0 saturated heterocycles. The molecule has 172 valence electrons. The van der Waals surface area contributed by atoms with Crippen LogP contribution in [0.4, 0.5) is 11.4 Å². The molecule has 0 saturated carbocycles. The summed E-state index contributed by atoms with van der Waals surface area (Å²) in [6.07, 6.45) is 1.42. The minimum absolute atomic E-state index is 0.0827. The average Bonchev–Trinajstić information content (AvgIpc) is 3.17. The fourth-order valence-corrected chi connectivity index (χ4v) is 4.99. The second-order valence-electron chi connectivity index (χ2n) is 8.34. The van der Waals surface area contributed by atoms with Gasteiger partial charge in [-0.25, -0.2) is 9.89 Å². The van der Waals surface area contributed by atoms with Gasteiger partial charge in [-0.1, -0.05) is 68.8 Å². The van der Waals surface area contributed by atoms with Crippen LogP contribution in [0.25, 0.3) is 0 Å². The molecule has 2 heterocycles. The molecule has 4 rings (SSSR count). The maximum atomic E-state index is 13.4. The summed E-state index contributed by atoms with van der Waals surface area (Å²) >= 11 is 7.50. The third-order valence-corrected chi connectivity index (χ3v) is 7.76. The number of fused-ring (bicyclic) bond motifs is 3. The standard InChI is InChI=1S/C25H27ClN4O2S/c1-5-14(3)21-24(32)30-22(29-21)17-9-7-8-10-19(17)28-25(30)33-20(6-2)23(31)27-16-12-11-15(4)18(26)13-16/h7-14,20-21H,5-6H2,1-4H3,(H,27,31)/t14-,20-,21-/m0/s1. The summed E-state index contributed by atoms with van der Waals surface area (Å²) in [5.41, 5.74) is 3.18. The highest BCUT2D eigenvalue weighted by atomic mass is 35.5. The van der Waals surface area contributed by atoms with E-state index in [-0.39, 0.29) is 17.7 Å². The molecule has 1 N–H and O–H groups in total. The van der Waals surface area contributed by atoms with E-state index in [1.807, 2.05) is 57.2 Å². The Morgan fingerprint density at radius 3 is 2.67 bits per heavy atom. The van der Waals surface area contributed by atoms with Gasteiger partial charge in [-0.2, -0.15) is 0 Å². The first-order chi connectivity index (χ1) is 15.8. The van der Waals surface area contributed by atoms with Gasteiger partial charge in [0.25, 0.3) is 5.91 Å². The molecule has 0 spiro atoms. The number of aliphatic imine (C=N–C) groups is 2. The van der Waals surface area contributed by atoms with Gasteiger partial charge in [0.05, 0.1) is 10.9 Å². The number of carbonyl (C=O) groups excluding carboxylic acids is 2. The summed E-state index contributed by atoms with van der Waals surface area (Å²) in [6, 6.07) is 12.7. The number of halogens is 1. The number of hydrogen-bond donors (Lipinski definition) is 1. The van der Waals surface area contributed by atoms with Crippen molar-refractivity contribution in [2.45, 2.75) is 51.8 Å². The van der Waals surface area contributed by atoms with Crippen molar-refractivity contribution in [1.29, 1.82) is 0 Å². The minimum Gasteiger partial charge on any atom is -0.325 e. The fourth-order valence-electron chi connectivity index (χ4n) is 3.79. The number of nitrogens with zero attached hydrogens (tertiary/aromatic N) is 3. The number of carbonyl (C=O) groups is 2. The Hall–Kier alpha value is -2.64. The number of amides is 2. The van der Waals surface area contributed by atoms with Crippen LogP contribution >= 0.6 is 23.4 Å². The predicted molar refractivity (Wildman–Crippen MR) is 137 cm³/mol. The number of aryl methyl sites for hydroxylation is 1. The molecule has 2 aromatic carbocycles. The Bertz CT molecular complexity index is 1160. The second-order valence-corrected chi connectivity index (χ2v) is 9.91. The molecule has 0 unspecified atom stereocenters. The van der Waals surface area contributed by atoms with Crippen LogP contribution in [0.2, 0.25) is 5.02 Å². The lowest BCUT2D eigenvalue weighted by Crippen LogP contribution is -2.43. The first-order valence-corrected chi connectivity index (χ1v) is 12.4. The largest absolute Gasteiger partial charge is 0.325 e. The zero-order valence-electron chi connectivity index (χ0n) is 19.1. The topological polar surface area (TPSA) is 74.1 Å². The smallest absolute Gasteiger partial charge is 0.259 e. The lowest BCUT2D eigenvalue weighted by molar-refractivity contribution is -0.125. The van der Waals surface area contributed by atoms with E-state index in [0.29, 0.717) is 28.1 Å². The molecule has 2 amide bonds. The Balaban J connectivity index is 1.62. The van der Waals surface area contributed by atoms with Gasteiger partial charge in [0.15, 0.2) is 5.17 Å². The van der Waals surface area contributed by atoms with E-state index in [4.69, 9.17) is 21.6 Å². The summed E-state index contributed by atoms with van der Waals surface area (Å²) in [4.78, 5) is 37.6. The highest BCUT2D eigenvalue weighted by molar-refractivity contribution is 8.15. The molecule has 6 nitrogen and oxygen atoms in total. The molecule has 0 radical (unpaired) electrons. The van der Waals surface area contributed by atoms with Crippen LogP contribution in [0.5, 0.6) is 0 Å². The average molecular weight is 483 g/mol. The van der Waals surface area contributed by atoms with Crippen molar-refractivity contribution in [2.75, 3.05) is 5.32 Å². The second kappa shape index (κ2) is 9.69. The van der Waals surface area contributed by atoms with Crippen molar-refractivity contribution in [1.82, 2.24) is 4.90 Å². The predicted octanol–water partition coefficient (Wildman–Crippen LogP) is 5.80. The Kier molecular flexibility index (Phi) is 6.91. The number of amidine groups is 2. The molecule has 0 bridgehead atoms. The molecule has 3 atom stereocenters. The van der Waals surface area contributed by atoms with E-state index in [2.05, 4.69) is 12.2 Å². The molecule has 8 heteroatoms. The first-order valence-electron chi connectivity index (χ1n) is 11.2. The number of benzene rings is 2. The van der Waals surface area contributed by atoms with E-state index >= 15 is 0 Å². The molecule has 2 aromatic rings. The van der Waals surface area contributed by atoms with Crippen LogP contribution in [-0.4, -0.2) is 39.0 Å². The van der Waals surface area contributed by atoms with E-state index in [0.717, 1.165) is 23.2 Å². The van der Waals surface area contributed by atoms with Gasteiger partial charge in [0, 0.05) is 16.3 Å². The number of rotatable bonds is 6. The van der Waals surface area contributed by atoms with Crippen LogP contribution < -0.4 is 5.32 Å². The van der Waals surface area contributed by atoms with Crippen molar-refractivity contribution in [2.24, 2.45) is 15.9 Å². The zero-order chi connectivity index (χ0) is 23.7. The maximum Gasteiger partial charge on any atom is 0.259 e. The van der Waals surface area contributed by atoms with Gasteiger partial charge in [-0.3, -0.25) is 14.6 Å². The van der Waals surface area contributed by atoms with Crippen molar-refractivity contribution in [3.63, 3.8) is 0 Å². The minimum atomic E-state index is -0.439. The molecular formula is C25H27ClN4O2S. The number of para-hydroxylation sites is 1. The molecule has 2 aliphatic rings. The van der Waals surface area contributed by atoms with Gasteiger partial charge in [0.1, 0.15) is 11.9 Å². The zero-order valence-corrected chi connectivity index (χ0v) is 20.7. The normalized spacial score (nSPS) is 18.8. The van der Waals surface area contributed by atoms with E-state index in [9.17, 15) is 9.59 Å². The third-order valence-electron chi connectivity index (χ3n) is 6.03. The molecule has 33 heavy (non-hydrogen) atoms. The number of hydrogen-bond acceptors (Lipinski definition) is 5. The molecule has 2 aliphatic heterocycles. The quantitative estimate of drug-likeness (QED) is 0.565. The summed E-state index contributed by atoms with van der Waals surface area (Å²) in [5.74, 6) is 0.498. The van der Waals surface area contributed by atoms with Crippen molar-refractivity contribution in [3.05, 3.63) is 58.6 Å². The molecule has 0 aliphatic carbocycles. The number of thioether (sulfide) groups is 1. The van der Waals surface area contributed by atoms with Gasteiger partial charge >= 0.3 is 0 Å². The van der Waals surface area contributed by atoms with Crippen LogP contribution in [0.1, 0.15) is 44.7 Å². The van der Waals surface area contributed by atoms with E-state index in [1.165, 1.54) is 11.8 Å².